The molecule has 4 nitrogen and oxygen atoms in total. The van der Waals surface area contributed by atoms with Crippen LogP contribution in [0.1, 0.15) is 32.0 Å². The molecule has 0 saturated heterocycles. The van der Waals surface area contributed by atoms with Crippen LogP contribution in [0.4, 0.5) is 0 Å². The summed E-state index contributed by atoms with van der Waals surface area (Å²) in [5.41, 5.74) is -0.522. The number of aryl methyl sites for hydroxylation is 2. The van der Waals surface area contributed by atoms with E-state index in [0.29, 0.717) is 0 Å². The zero-order chi connectivity index (χ0) is 11.6. The predicted molar refractivity (Wildman–Crippen MR) is 61.1 cm³/mol. The molecule has 0 atom stereocenters. The Morgan fingerprint density at radius 1 is 1.62 bits per heavy atom. The van der Waals surface area contributed by atoms with Gasteiger partial charge in [-0.3, -0.25) is 0 Å². The van der Waals surface area contributed by atoms with Gasteiger partial charge in [0.05, 0.1) is 11.7 Å². The molecule has 1 saturated carbocycles. The van der Waals surface area contributed by atoms with E-state index in [9.17, 15) is 5.11 Å². The van der Waals surface area contributed by atoms with E-state index in [1.807, 2.05) is 24.7 Å². The summed E-state index contributed by atoms with van der Waals surface area (Å²) in [4.78, 5) is 4.25. The summed E-state index contributed by atoms with van der Waals surface area (Å²) >= 11 is 0. The van der Waals surface area contributed by atoms with Crippen LogP contribution >= 0.6 is 0 Å². The predicted octanol–water partition coefficient (Wildman–Crippen LogP) is 1.28. The first-order valence-corrected chi connectivity index (χ1v) is 5.93. The van der Waals surface area contributed by atoms with Gasteiger partial charge in [0.2, 0.25) is 0 Å². The standard InChI is InChI=1S/C12H20N2O2/c1-3-16-10-8-12(15,9-10)5-4-11-13-6-7-14(11)2/h6-7,10,15H,3-5,8-9H2,1-2H3. The van der Waals surface area contributed by atoms with E-state index in [2.05, 4.69) is 4.98 Å². The fourth-order valence-corrected chi connectivity index (χ4v) is 2.33. The van der Waals surface area contributed by atoms with Crippen molar-refractivity contribution in [2.75, 3.05) is 6.61 Å². The Bertz CT molecular complexity index is 343. The van der Waals surface area contributed by atoms with Crippen molar-refractivity contribution in [2.24, 2.45) is 7.05 Å². The summed E-state index contributed by atoms with van der Waals surface area (Å²) in [7, 11) is 1.98. The molecule has 90 valence electrons. The summed E-state index contributed by atoms with van der Waals surface area (Å²) in [6.07, 6.45) is 7.14. The first kappa shape index (κ1) is 11.6. The Morgan fingerprint density at radius 2 is 2.38 bits per heavy atom. The van der Waals surface area contributed by atoms with E-state index in [1.54, 1.807) is 6.20 Å². The molecule has 0 aliphatic heterocycles. The Labute approximate surface area is 96.3 Å². The lowest BCUT2D eigenvalue weighted by Gasteiger charge is -2.43. The maximum atomic E-state index is 10.2. The normalized spacial score (nSPS) is 29.1. The highest BCUT2D eigenvalue weighted by atomic mass is 16.5. The number of imidazole rings is 1. The topological polar surface area (TPSA) is 47.3 Å². The lowest BCUT2D eigenvalue weighted by atomic mass is 9.74. The van der Waals surface area contributed by atoms with Crippen molar-refractivity contribution < 1.29 is 9.84 Å². The first-order chi connectivity index (χ1) is 7.63. The van der Waals surface area contributed by atoms with Crippen molar-refractivity contribution in [2.45, 2.75) is 44.3 Å². The second kappa shape index (κ2) is 4.55. The van der Waals surface area contributed by atoms with Crippen molar-refractivity contribution in [3.8, 4) is 0 Å². The van der Waals surface area contributed by atoms with Gasteiger partial charge in [0.25, 0.3) is 0 Å². The summed E-state index contributed by atoms with van der Waals surface area (Å²) < 4.78 is 7.46. The quantitative estimate of drug-likeness (QED) is 0.819. The number of rotatable bonds is 5. The third-order valence-corrected chi connectivity index (χ3v) is 3.35. The van der Waals surface area contributed by atoms with Crippen LogP contribution in [0.3, 0.4) is 0 Å². The minimum atomic E-state index is -0.522. The fraction of sp³-hybridized carbons (Fsp3) is 0.750. The summed E-state index contributed by atoms with van der Waals surface area (Å²) in [6, 6.07) is 0. The monoisotopic (exact) mass is 224 g/mol. The molecular formula is C12H20N2O2. The van der Waals surface area contributed by atoms with E-state index < -0.39 is 5.60 Å². The maximum Gasteiger partial charge on any atom is 0.108 e. The van der Waals surface area contributed by atoms with Gasteiger partial charge in [-0.1, -0.05) is 0 Å². The summed E-state index contributed by atoms with van der Waals surface area (Å²) in [5.74, 6) is 1.04. The van der Waals surface area contributed by atoms with Gasteiger partial charge in [0.1, 0.15) is 5.82 Å². The van der Waals surface area contributed by atoms with Crippen LogP contribution < -0.4 is 0 Å². The molecule has 1 N–H and O–H groups in total. The van der Waals surface area contributed by atoms with Crippen molar-refractivity contribution >= 4 is 0 Å². The molecule has 1 fully saturated rings. The Balaban J connectivity index is 1.77. The molecule has 1 aromatic rings. The van der Waals surface area contributed by atoms with E-state index in [0.717, 1.165) is 38.1 Å². The van der Waals surface area contributed by atoms with Gasteiger partial charge in [0.15, 0.2) is 0 Å². The largest absolute Gasteiger partial charge is 0.390 e. The molecule has 4 heteroatoms. The smallest absolute Gasteiger partial charge is 0.108 e. The van der Waals surface area contributed by atoms with Crippen molar-refractivity contribution in [1.29, 1.82) is 0 Å². The molecule has 1 aliphatic rings. The molecule has 0 amide bonds. The number of nitrogens with zero attached hydrogens (tertiary/aromatic N) is 2. The third-order valence-electron chi connectivity index (χ3n) is 3.35. The Hall–Kier alpha value is -0.870. The van der Waals surface area contributed by atoms with Crippen LogP contribution in [0.25, 0.3) is 0 Å². The summed E-state index contributed by atoms with van der Waals surface area (Å²) in [5, 5.41) is 10.2. The van der Waals surface area contributed by atoms with Gasteiger partial charge in [-0.15, -0.1) is 0 Å². The van der Waals surface area contributed by atoms with Crippen molar-refractivity contribution in [1.82, 2.24) is 9.55 Å². The fourth-order valence-electron chi connectivity index (χ4n) is 2.33. The maximum absolute atomic E-state index is 10.2. The molecule has 16 heavy (non-hydrogen) atoms. The number of aromatic nitrogens is 2. The molecular weight excluding hydrogens is 204 g/mol. The van der Waals surface area contributed by atoms with Crippen LogP contribution in [0.2, 0.25) is 0 Å². The van der Waals surface area contributed by atoms with Crippen LogP contribution in [0, 0.1) is 0 Å². The lowest BCUT2D eigenvalue weighted by molar-refractivity contribution is -0.140. The van der Waals surface area contributed by atoms with E-state index in [1.165, 1.54) is 0 Å². The zero-order valence-corrected chi connectivity index (χ0v) is 10.0. The minimum absolute atomic E-state index is 0.261. The molecule has 0 unspecified atom stereocenters. The minimum Gasteiger partial charge on any atom is -0.390 e. The lowest BCUT2D eigenvalue weighted by Crippen LogP contribution is -2.48. The van der Waals surface area contributed by atoms with Gasteiger partial charge in [-0.2, -0.15) is 0 Å². The second-order valence-corrected chi connectivity index (χ2v) is 4.66. The highest BCUT2D eigenvalue weighted by Gasteiger charge is 2.42. The third kappa shape index (κ3) is 2.44. The molecule has 0 aromatic carbocycles. The van der Waals surface area contributed by atoms with Crippen molar-refractivity contribution in [3.63, 3.8) is 0 Å². The Kier molecular flexibility index (Phi) is 3.30. The van der Waals surface area contributed by atoms with Gasteiger partial charge in [-0.25, -0.2) is 4.98 Å². The van der Waals surface area contributed by atoms with E-state index in [4.69, 9.17) is 4.74 Å². The molecule has 1 heterocycles. The van der Waals surface area contributed by atoms with Gasteiger partial charge in [-0.05, 0) is 13.3 Å². The SMILES string of the molecule is CCOC1CC(O)(CCc2nccn2C)C1. The van der Waals surface area contributed by atoms with Gasteiger partial charge < -0.3 is 14.4 Å². The number of hydrogen-bond donors (Lipinski definition) is 1. The van der Waals surface area contributed by atoms with Crippen molar-refractivity contribution in [3.05, 3.63) is 18.2 Å². The number of aliphatic hydroxyl groups is 1. The zero-order valence-electron chi connectivity index (χ0n) is 10.0. The highest BCUT2D eigenvalue weighted by molar-refractivity contribution is 4.99. The molecule has 0 bridgehead atoms. The first-order valence-electron chi connectivity index (χ1n) is 5.93. The van der Waals surface area contributed by atoms with E-state index in [-0.39, 0.29) is 6.10 Å². The molecule has 2 rings (SSSR count). The van der Waals surface area contributed by atoms with Crippen LogP contribution in [0.5, 0.6) is 0 Å². The second-order valence-electron chi connectivity index (χ2n) is 4.66. The molecule has 0 radical (unpaired) electrons. The van der Waals surface area contributed by atoms with Crippen LogP contribution in [-0.4, -0.2) is 33.0 Å². The number of hydrogen-bond acceptors (Lipinski definition) is 3. The molecule has 0 spiro atoms. The van der Waals surface area contributed by atoms with Gasteiger partial charge in [0, 0.05) is 45.3 Å². The molecule has 1 aromatic heterocycles. The number of ether oxygens (including phenoxy) is 1. The van der Waals surface area contributed by atoms with E-state index >= 15 is 0 Å². The van der Waals surface area contributed by atoms with Crippen LogP contribution in [0.15, 0.2) is 12.4 Å². The molecule has 1 aliphatic carbocycles. The summed E-state index contributed by atoms with van der Waals surface area (Å²) in [6.45, 7) is 2.73. The van der Waals surface area contributed by atoms with Crippen LogP contribution in [-0.2, 0) is 18.2 Å². The Morgan fingerprint density at radius 3 is 2.94 bits per heavy atom. The average Bonchev–Trinajstić information content (AvgIpc) is 2.59. The highest BCUT2D eigenvalue weighted by Crippen LogP contribution is 2.37. The average molecular weight is 224 g/mol. The van der Waals surface area contributed by atoms with Gasteiger partial charge >= 0.3 is 0 Å².